The summed E-state index contributed by atoms with van der Waals surface area (Å²) in [5, 5.41) is 11.4. The molecule has 0 aliphatic heterocycles. The normalized spacial score (nSPS) is 11.4. The van der Waals surface area contributed by atoms with Crippen LogP contribution in [0.2, 0.25) is 0 Å². The predicted octanol–water partition coefficient (Wildman–Crippen LogP) is 1.47. The molecular formula is C12H20N6O. The van der Waals surface area contributed by atoms with Crippen LogP contribution in [0, 0.1) is 0 Å². The highest BCUT2D eigenvalue weighted by atomic mass is 16.5. The van der Waals surface area contributed by atoms with E-state index < -0.39 is 0 Å². The van der Waals surface area contributed by atoms with Gasteiger partial charge in [-0.25, -0.2) is 14.6 Å². The molecule has 19 heavy (non-hydrogen) atoms. The summed E-state index contributed by atoms with van der Waals surface area (Å²) in [6.45, 7) is 8.34. The van der Waals surface area contributed by atoms with Crippen LogP contribution >= 0.6 is 0 Å². The highest BCUT2D eigenvalue weighted by Gasteiger charge is 2.09. The van der Waals surface area contributed by atoms with Crippen molar-refractivity contribution >= 4 is 17.0 Å². The molecule has 0 saturated heterocycles. The summed E-state index contributed by atoms with van der Waals surface area (Å²) in [4.78, 5) is 8.41. The largest absolute Gasteiger partial charge is 0.379 e. The zero-order valence-corrected chi connectivity index (χ0v) is 11.6. The van der Waals surface area contributed by atoms with Crippen molar-refractivity contribution < 1.29 is 4.74 Å². The zero-order chi connectivity index (χ0) is 13.7. The molecule has 0 aromatic carbocycles. The summed E-state index contributed by atoms with van der Waals surface area (Å²) < 4.78 is 7.24. The van der Waals surface area contributed by atoms with Gasteiger partial charge in [0.2, 0.25) is 0 Å². The Morgan fingerprint density at radius 1 is 1.37 bits per heavy atom. The minimum absolute atomic E-state index is 0.273. The summed E-state index contributed by atoms with van der Waals surface area (Å²) in [6.07, 6.45) is 2.73. The molecule has 0 bridgehead atoms. The third kappa shape index (κ3) is 3.37. The van der Waals surface area contributed by atoms with Gasteiger partial charge in [0.25, 0.3) is 0 Å². The molecule has 2 heterocycles. The summed E-state index contributed by atoms with van der Waals surface area (Å²) >= 11 is 0. The Labute approximate surface area is 112 Å². The van der Waals surface area contributed by atoms with Crippen molar-refractivity contribution in [2.24, 2.45) is 0 Å². The first-order valence-corrected chi connectivity index (χ1v) is 6.62. The van der Waals surface area contributed by atoms with Crippen LogP contribution in [0.4, 0.5) is 5.82 Å². The Kier molecular flexibility index (Phi) is 4.62. The van der Waals surface area contributed by atoms with Crippen molar-refractivity contribution in [3.05, 3.63) is 6.33 Å². The van der Waals surface area contributed by atoms with Crippen LogP contribution in [0.25, 0.3) is 11.2 Å². The fourth-order valence-electron chi connectivity index (χ4n) is 1.73. The van der Waals surface area contributed by atoms with Gasteiger partial charge in [0.1, 0.15) is 6.33 Å². The molecule has 7 nitrogen and oxygen atoms in total. The Bertz CT molecular complexity index is 524. The lowest BCUT2D eigenvalue weighted by Crippen LogP contribution is -2.10. The lowest BCUT2D eigenvalue weighted by atomic mass is 10.4. The third-order valence-corrected chi connectivity index (χ3v) is 2.66. The van der Waals surface area contributed by atoms with Crippen LogP contribution in [-0.4, -0.2) is 44.2 Å². The van der Waals surface area contributed by atoms with Gasteiger partial charge in [0.15, 0.2) is 17.0 Å². The molecule has 0 aliphatic carbocycles. The van der Waals surface area contributed by atoms with Crippen LogP contribution in [0.15, 0.2) is 6.33 Å². The number of nitrogens with zero attached hydrogens (tertiary/aromatic N) is 5. The lowest BCUT2D eigenvalue weighted by molar-refractivity contribution is 0.0787. The van der Waals surface area contributed by atoms with Crippen molar-refractivity contribution in [1.82, 2.24) is 25.0 Å². The number of rotatable bonds is 7. The van der Waals surface area contributed by atoms with Gasteiger partial charge in [0.05, 0.1) is 6.10 Å². The Morgan fingerprint density at radius 3 is 2.95 bits per heavy atom. The average molecular weight is 264 g/mol. The fourth-order valence-corrected chi connectivity index (χ4v) is 1.73. The molecule has 0 spiro atoms. The minimum atomic E-state index is 0.273. The second-order valence-corrected chi connectivity index (χ2v) is 4.50. The van der Waals surface area contributed by atoms with E-state index in [2.05, 4.69) is 25.6 Å². The van der Waals surface area contributed by atoms with Gasteiger partial charge in [-0.3, -0.25) is 0 Å². The highest BCUT2D eigenvalue weighted by molar-refractivity contribution is 5.81. The molecular weight excluding hydrogens is 244 g/mol. The number of aromatic nitrogens is 5. The maximum absolute atomic E-state index is 5.48. The number of hydrogen-bond donors (Lipinski definition) is 1. The van der Waals surface area contributed by atoms with E-state index in [0.29, 0.717) is 5.52 Å². The molecule has 2 aromatic rings. The molecule has 2 rings (SSSR count). The summed E-state index contributed by atoms with van der Waals surface area (Å²) in [5.41, 5.74) is 1.48. The summed E-state index contributed by atoms with van der Waals surface area (Å²) in [7, 11) is 0. The predicted molar refractivity (Wildman–Crippen MR) is 73.0 cm³/mol. The standard InChI is InChI=1S/C12H20N6O/c1-4-18-12-10(16-17-18)11(14-8-15-12)13-6-5-7-19-9(2)3/h8-9H,4-7H2,1-3H3,(H,13,14,15). The van der Waals surface area contributed by atoms with Crippen molar-refractivity contribution in [3.63, 3.8) is 0 Å². The Balaban J connectivity index is 1.95. The molecule has 104 valence electrons. The van der Waals surface area contributed by atoms with E-state index in [1.54, 1.807) is 4.68 Å². The van der Waals surface area contributed by atoms with Crippen molar-refractivity contribution in [2.45, 2.75) is 39.8 Å². The first-order chi connectivity index (χ1) is 9.22. The second kappa shape index (κ2) is 6.42. The number of anilines is 1. The molecule has 1 N–H and O–H groups in total. The highest BCUT2D eigenvalue weighted by Crippen LogP contribution is 2.15. The summed E-state index contributed by atoms with van der Waals surface area (Å²) in [5.74, 6) is 0.731. The molecule has 0 amide bonds. The van der Waals surface area contributed by atoms with Crippen LogP contribution in [0.5, 0.6) is 0 Å². The molecule has 0 unspecified atom stereocenters. The van der Waals surface area contributed by atoms with E-state index in [1.165, 1.54) is 6.33 Å². The smallest absolute Gasteiger partial charge is 0.183 e. The average Bonchev–Trinajstić information content (AvgIpc) is 2.81. The maximum atomic E-state index is 5.48. The van der Waals surface area contributed by atoms with E-state index in [9.17, 15) is 0 Å². The van der Waals surface area contributed by atoms with E-state index in [1.807, 2.05) is 20.8 Å². The first kappa shape index (κ1) is 13.7. The molecule has 0 radical (unpaired) electrons. The van der Waals surface area contributed by atoms with Crippen molar-refractivity contribution in [3.8, 4) is 0 Å². The van der Waals surface area contributed by atoms with Crippen LogP contribution < -0.4 is 5.32 Å². The number of ether oxygens (including phenoxy) is 1. The van der Waals surface area contributed by atoms with Gasteiger partial charge in [-0.1, -0.05) is 5.21 Å². The minimum Gasteiger partial charge on any atom is -0.379 e. The van der Waals surface area contributed by atoms with Gasteiger partial charge >= 0.3 is 0 Å². The maximum Gasteiger partial charge on any atom is 0.183 e. The van der Waals surface area contributed by atoms with Crippen molar-refractivity contribution in [2.75, 3.05) is 18.5 Å². The monoisotopic (exact) mass is 264 g/mol. The number of aryl methyl sites for hydroxylation is 1. The van der Waals surface area contributed by atoms with Gasteiger partial charge in [-0.15, -0.1) is 5.10 Å². The topological polar surface area (TPSA) is 77.8 Å². The van der Waals surface area contributed by atoms with Gasteiger partial charge in [0, 0.05) is 19.7 Å². The van der Waals surface area contributed by atoms with E-state index in [-0.39, 0.29) is 6.10 Å². The van der Waals surface area contributed by atoms with Gasteiger partial charge < -0.3 is 10.1 Å². The molecule has 0 fully saturated rings. The van der Waals surface area contributed by atoms with Crippen LogP contribution in [0.1, 0.15) is 27.2 Å². The SMILES string of the molecule is CCn1nnc2c(NCCCOC(C)C)ncnc21. The van der Waals surface area contributed by atoms with Crippen LogP contribution in [-0.2, 0) is 11.3 Å². The quantitative estimate of drug-likeness (QED) is 0.763. The molecule has 0 saturated carbocycles. The fraction of sp³-hybridized carbons (Fsp3) is 0.667. The molecule has 0 aliphatic rings. The molecule has 7 heteroatoms. The number of nitrogens with one attached hydrogen (secondary N) is 1. The van der Waals surface area contributed by atoms with Gasteiger partial charge in [-0.2, -0.15) is 0 Å². The number of fused-ring (bicyclic) bond motifs is 1. The molecule has 2 aromatic heterocycles. The zero-order valence-electron chi connectivity index (χ0n) is 11.6. The third-order valence-electron chi connectivity index (χ3n) is 2.66. The Hall–Kier alpha value is -1.76. The van der Waals surface area contributed by atoms with E-state index in [0.717, 1.165) is 37.6 Å². The number of hydrogen-bond acceptors (Lipinski definition) is 6. The first-order valence-electron chi connectivity index (χ1n) is 6.62. The van der Waals surface area contributed by atoms with Crippen LogP contribution in [0.3, 0.4) is 0 Å². The van der Waals surface area contributed by atoms with E-state index >= 15 is 0 Å². The van der Waals surface area contributed by atoms with Gasteiger partial charge in [-0.05, 0) is 27.2 Å². The molecule has 0 atom stereocenters. The van der Waals surface area contributed by atoms with Crippen molar-refractivity contribution in [1.29, 1.82) is 0 Å². The lowest BCUT2D eigenvalue weighted by Gasteiger charge is -2.08. The van der Waals surface area contributed by atoms with E-state index in [4.69, 9.17) is 4.74 Å². The summed E-state index contributed by atoms with van der Waals surface area (Å²) in [6, 6.07) is 0. The second-order valence-electron chi connectivity index (χ2n) is 4.50. The Morgan fingerprint density at radius 2 is 2.21 bits per heavy atom.